The molecule has 1 atom stereocenters. The number of likely N-dealkylation sites (N-methyl/N-ethyl adjacent to an activating group) is 1. The Morgan fingerprint density at radius 3 is 2.30 bits per heavy atom. The third-order valence-corrected chi connectivity index (χ3v) is 5.44. The minimum absolute atomic E-state index is 0.197. The van der Waals surface area contributed by atoms with E-state index in [1.165, 1.54) is 5.56 Å². The normalized spacial score (nSPS) is 16.9. The third-order valence-electron chi connectivity index (χ3n) is 5.44. The fourth-order valence-corrected chi connectivity index (χ4v) is 3.77. The topological polar surface area (TPSA) is 26.8 Å². The number of benzene rings is 2. The molecular formula is C23H31N3O. The molecule has 0 aliphatic carbocycles. The molecule has 0 N–H and O–H groups in total. The maximum atomic E-state index is 13.4. The molecule has 1 aliphatic rings. The van der Waals surface area contributed by atoms with Crippen LogP contribution in [0.1, 0.15) is 30.5 Å². The van der Waals surface area contributed by atoms with E-state index in [4.69, 9.17) is 0 Å². The van der Waals surface area contributed by atoms with Crippen LogP contribution in [0.4, 0.5) is 0 Å². The van der Waals surface area contributed by atoms with Crippen LogP contribution >= 0.6 is 0 Å². The van der Waals surface area contributed by atoms with Gasteiger partial charge < -0.3 is 4.90 Å². The van der Waals surface area contributed by atoms with Gasteiger partial charge in [-0.3, -0.25) is 14.6 Å². The lowest BCUT2D eigenvalue weighted by molar-refractivity contribution is -0.136. The summed E-state index contributed by atoms with van der Waals surface area (Å²) in [5.74, 6) is 0.229. The molecule has 4 heteroatoms. The highest BCUT2D eigenvalue weighted by Gasteiger charge is 2.29. The van der Waals surface area contributed by atoms with Crippen molar-refractivity contribution in [3.8, 4) is 0 Å². The molecular weight excluding hydrogens is 334 g/mol. The Balaban J connectivity index is 1.67. The lowest BCUT2D eigenvalue weighted by Crippen LogP contribution is -2.43. The maximum Gasteiger partial charge on any atom is 0.244 e. The SMILES string of the molecule is CCN(C)C(C(=O)N1CCCN(Cc2ccccc2)CC1)c1ccccc1. The highest BCUT2D eigenvalue weighted by Crippen LogP contribution is 2.23. The van der Waals surface area contributed by atoms with Crippen LogP contribution in [0.3, 0.4) is 0 Å². The molecule has 144 valence electrons. The third kappa shape index (κ3) is 5.18. The van der Waals surface area contributed by atoms with Crippen LogP contribution in [0.2, 0.25) is 0 Å². The molecule has 2 aromatic rings. The van der Waals surface area contributed by atoms with Crippen LogP contribution in [-0.4, -0.2) is 60.4 Å². The van der Waals surface area contributed by atoms with Gasteiger partial charge in [0.25, 0.3) is 0 Å². The monoisotopic (exact) mass is 365 g/mol. The molecule has 1 unspecified atom stereocenters. The lowest BCUT2D eigenvalue weighted by atomic mass is 10.0. The first-order chi connectivity index (χ1) is 13.2. The molecule has 1 fully saturated rings. The number of carbonyl (C=O) groups is 1. The van der Waals surface area contributed by atoms with Crippen LogP contribution < -0.4 is 0 Å². The van der Waals surface area contributed by atoms with E-state index in [9.17, 15) is 4.79 Å². The van der Waals surface area contributed by atoms with Crippen molar-refractivity contribution in [3.05, 3.63) is 71.8 Å². The van der Waals surface area contributed by atoms with Gasteiger partial charge >= 0.3 is 0 Å². The number of carbonyl (C=O) groups excluding carboxylic acids is 1. The summed E-state index contributed by atoms with van der Waals surface area (Å²) >= 11 is 0. The van der Waals surface area contributed by atoms with Crippen molar-refractivity contribution in [2.24, 2.45) is 0 Å². The van der Waals surface area contributed by atoms with Gasteiger partial charge in [-0.05, 0) is 31.1 Å². The van der Waals surface area contributed by atoms with Crippen molar-refractivity contribution in [2.45, 2.75) is 25.9 Å². The molecule has 0 radical (unpaired) electrons. The molecule has 1 saturated heterocycles. The van der Waals surface area contributed by atoms with Gasteiger partial charge in [-0.15, -0.1) is 0 Å². The van der Waals surface area contributed by atoms with E-state index in [1.807, 2.05) is 25.2 Å². The van der Waals surface area contributed by atoms with Crippen molar-refractivity contribution in [1.29, 1.82) is 0 Å². The van der Waals surface area contributed by atoms with Crippen LogP contribution in [0, 0.1) is 0 Å². The first-order valence-electron chi connectivity index (χ1n) is 9.99. The summed E-state index contributed by atoms with van der Waals surface area (Å²) < 4.78 is 0. The predicted molar refractivity (Wildman–Crippen MR) is 110 cm³/mol. The second kappa shape index (κ2) is 9.67. The largest absolute Gasteiger partial charge is 0.340 e. The van der Waals surface area contributed by atoms with E-state index in [0.717, 1.165) is 51.3 Å². The molecule has 1 heterocycles. The van der Waals surface area contributed by atoms with E-state index in [-0.39, 0.29) is 11.9 Å². The molecule has 1 aliphatic heterocycles. The summed E-state index contributed by atoms with van der Waals surface area (Å²) in [7, 11) is 2.04. The number of amides is 1. The lowest BCUT2D eigenvalue weighted by Gasteiger charge is -2.32. The molecule has 1 amide bonds. The fourth-order valence-electron chi connectivity index (χ4n) is 3.77. The van der Waals surface area contributed by atoms with Gasteiger partial charge in [0.1, 0.15) is 6.04 Å². The van der Waals surface area contributed by atoms with Crippen molar-refractivity contribution in [1.82, 2.24) is 14.7 Å². The zero-order valence-electron chi connectivity index (χ0n) is 16.6. The molecule has 0 bridgehead atoms. The van der Waals surface area contributed by atoms with Crippen LogP contribution in [-0.2, 0) is 11.3 Å². The van der Waals surface area contributed by atoms with E-state index >= 15 is 0 Å². The van der Waals surface area contributed by atoms with Crippen molar-refractivity contribution >= 4 is 5.91 Å². The number of nitrogens with zero attached hydrogens (tertiary/aromatic N) is 3. The summed E-state index contributed by atoms with van der Waals surface area (Å²) in [5.41, 5.74) is 2.42. The second-order valence-corrected chi connectivity index (χ2v) is 7.33. The van der Waals surface area contributed by atoms with Crippen LogP contribution in [0.25, 0.3) is 0 Å². The highest BCUT2D eigenvalue weighted by atomic mass is 16.2. The molecule has 0 aromatic heterocycles. The van der Waals surface area contributed by atoms with Gasteiger partial charge in [-0.25, -0.2) is 0 Å². The molecule has 2 aromatic carbocycles. The van der Waals surface area contributed by atoms with Gasteiger partial charge in [0.2, 0.25) is 5.91 Å². The first kappa shape index (κ1) is 19.6. The minimum Gasteiger partial charge on any atom is -0.340 e. The van der Waals surface area contributed by atoms with Crippen LogP contribution in [0.5, 0.6) is 0 Å². The van der Waals surface area contributed by atoms with Gasteiger partial charge in [0.05, 0.1) is 0 Å². The Labute approximate surface area is 163 Å². The summed E-state index contributed by atoms with van der Waals surface area (Å²) in [6.45, 7) is 7.51. The summed E-state index contributed by atoms with van der Waals surface area (Å²) in [6.07, 6.45) is 1.02. The quantitative estimate of drug-likeness (QED) is 0.785. The average molecular weight is 366 g/mol. The van der Waals surface area contributed by atoms with Gasteiger partial charge in [0, 0.05) is 32.7 Å². The Morgan fingerprint density at radius 1 is 0.963 bits per heavy atom. The molecule has 0 saturated carbocycles. The van der Waals surface area contributed by atoms with E-state index in [2.05, 4.69) is 64.1 Å². The van der Waals surface area contributed by atoms with Crippen molar-refractivity contribution in [2.75, 3.05) is 39.8 Å². The molecule has 27 heavy (non-hydrogen) atoms. The minimum atomic E-state index is -0.197. The van der Waals surface area contributed by atoms with Gasteiger partial charge in [0.15, 0.2) is 0 Å². The Bertz CT molecular complexity index is 704. The van der Waals surface area contributed by atoms with Gasteiger partial charge in [-0.1, -0.05) is 67.6 Å². The molecule has 0 spiro atoms. The van der Waals surface area contributed by atoms with Crippen molar-refractivity contribution in [3.63, 3.8) is 0 Å². The van der Waals surface area contributed by atoms with Crippen molar-refractivity contribution < 1.29 is 4.79 Å². The zero-order valence-corrected chi connectivity index (χ0v) is 16.6. The van der Waals surface area contributed by atoms with E-state index in [0.29, 0.717) is 0 Å². The first-order valence-corrected chi connectivity index (χ1v) is 9.99. The standard InChI is InChI=1S/C23H31N3O/c1-3-24(2)22(21-13-8-5-9-14-21)23(27)26-16-10-15-25(17-18-26)19-20-11-6-4-7-12-20/h4-9,11-14,22H,3,10,15-19H2,1-2H3. The predicted octanol–water partition coefficient (Wildman–Crippen LogP) is 3.41. The summed E-state index contributed by atoms with van der Waals surface area (Å²) in [6, 6.07) is 20.6. The number of rotatable bonds is 6. The summed E-state index contributed by atoms with van der Waals surface area (Å²) in [4.78, 5) is 20.1. The number of hydrogen-bond acceptors (Lipinski definition) is 3. The second-order valence-electron chi connectivity index (χ2n) is 7.33. The van der Waals surface area contributed by atoms with Gasteiger partial charge in [-0.2, -0.15) is 0 Å². The maximum absolute atomic E-state index is 13.4. The fraction of sp³-hybridized carbons (Fsp3) is 0.435. The smallest absolute Gasteiger partial charge is 0.244 e. The molecule has 3 rings (SSSR count). The Hall–Kier alpha value is -2.17. The average Bonchev–Trinajstić information content (AvgIpc) is 2.95. The Kier molecular flexibility index (Phi) is 7.02. The van der Waals surface area contributed by atoms with Crippen LogP contribution in [0.15, 0.2) is 60.7 Å². The zero-order chi connectivity index (χ0) is 19.1. The van der Waals surface area contributed by atoms with E-state index in [1.54, 1.807) is 0 Å². The Morgan fingerprint density at radius 2 is 1.63 bits per heavy atom. The van der Waals surface area contributed by atoms with E-state index < -0.39 is 0 Å². The highest BCUT2D eigenvalue weighted by molar-refractivity contribution is 5.83. The summed E-state index contributed by atoms with van der Waals surface area (Å²) in [5, 5.41) is 0. The number of hydrogen-bond donors (Lipinski definition) is 0. The molecule has 4 nitrogen and oxygen atoms in total.